The van der Waals surface area contributed by atoms with E-state index in [1.54, 1.807) is 0 Å². The predicted molar refractivity (Wildman–Crippen MR) is 408 cm³/mol. The molecule has 0 aliphatic heterocycles. The van der Waals surface area contributed by atoms with Gasteiger partial charge in [-0.2, -0.15) is 0 Å². The molecule has 3 N–H and O–H groups in total. The van der Waals surface area contributed by atoms with Gasteiger partial charge in [-0.15, -0.1) is 0 Å². The molecule has 0 fully saturated rings. The van der Waals surface area contributed by atoms with E-state index in [2.05, 4.69) is 125 Å². The lowest BCUT2D eigenvalue weighted by Crippen LogP contribution is -2.30. The van der Waals surface area contributed by atoms with Crippen LogP contribution in [0.25, 0.3) is 0 Å². The van der Waals surface area contributed by atoms with Crippen LogP contribution in [0.2, 0.25) is 0 Å². The largest absolute Gasteiger partial charge is 0.472 e. The van der Waals surface area contributed by atoms with E-state index in [9.17, 15) is 43.2 Å². The highest BCUT2D eigenvalue weighted by atomic mass is 31.2. The predicted octanol–water partition coefficient (Wildman–Crippen LogP) is 22.6. The number of hydrogen-bond acceptors (Lipinski definition) is 15. The standard InChI is InChI=1S/C81H140O17P2/c1-5-9-13-17-21-25-29-32-34-36-37-39-40-43-47-50-54-58-62-66-79(84)92-72-77(98-81(86)68-64-60-56-52-48-44-41-38-35-33-30-26-22-18-14-10-6-2)74-96-100(89,90)94-70-75(82)69-93-99(87,88)95-73-76(97-80(85)67-63-59-55-51-45-28-24-20-16-12-8-4)71-91-78(83)65-61-57-53-49-46-42-31-27-23-19-15-11-7-3/h9-10,13-14,21-22,25-26,32-35,37,39,41,44,52,56,75-77,82H,5-8,11-12,15-20,23-24,27-31,36,38,40,42-43,45-51,53-55,57-74H2,1-4H3,(H,87,88)(H,89,90)/b13-9-,14-10-,25-21-,26-22-,34-32-,35-33-,39-37-,44-41-,56-52-. The summed E-state index contributed by atoms with van der Waals surface area (Å²) in [7, 11) is -9.97. The Hall–Kier alpha value is -4.28. The van der Waals surface area contributed by atoms with Gasteiger partial charge in [0.25, 0.3) is 0 Å². The molecule has 0 saturated heterocycles. The molecular formula is C81H140O17P2. The number of phosphoric ester groups is 2. The number of rotatable bonds is 73. The van der Waals surface area contributed by atoms with Gasteiger partial charge in [0.2, 0.25) is 0 Å². The van der Waals surface area contributed by atoms with Crippen LogP contribution in [0, 0.1) is 0 Å². The highest BCUT2D eigenvalue weighted by Gasteiger charge is 2.30. The Morgan fingerprint density at radius 1 is 0.290 bits per heavy atom. The van der Waals surface area contributed by atoms with Gasteiger partial charge in [-0.1, -0.05) is 304 Å². The first-order valence-corrected chi connectivity index (χ1v) is 42.1. The Bertz CT molecular complexity index is 2320. The van der Waals surface area contributed by atoms with E-state index >= 15 is 0 Å². The minimum atomic E-state index is -4.99. The summed E-state index contributed by atoms with van der Waals surface area (Å²) in [6.07, 6.45) is 78.0. The number of carbonyl (C=O) groups is 4. The summed E-state index contributed by atoms with van der Waals surface area (Å²) in [6, 6.07) is 0. The lowest BCUT2D eigenvalue weighted by atomic mass is 10.0. The molecule has 5 atom stereocenters. The van der Waals surface area contributed by atoms with Crippen molar-refractivity contribution in [3.05, 3.63) is 109 Å². The number of esters is 4. The Kier molecular flexibility index (Phi) is 69.9. The van der Waals surface area contributed by atoms with Crippen molar-refractivity contribution in [2.24, 2.45) is 0 Å². The minimum absolute atomic E-state index is 0.0123. The maximum atomic E-state index is 13.1. The second-order valence-corrected chi connectivity index (χ2v) is 28.8. The van der Waals surface area contributed by atoms with Crippen LogP contribution >= 0.6 is 15.6 Å². The zero-order chi connectivity index (χ0) is 73.2. The molecule has 100 heavy (non-hydrogen) atoms. The molecule has 0 saturated carbocycles. The van der Waals surface area contributed by atoms with Crippen LogP contribution in [-0.4, -0.2) is 96.7 Å². The first kappa shape index (κ1) is 95.7. The molecule has 0 heterocycles. The fraction of sp³-hybridized carbons (Fsp3) is 0.728. The molecule has 0 aromatic carbocycles. The molecule has 0 aromatic heterocycles. The van der Waals surface area contributed by atoms with Gasteiger partial charge in [-0.3, -0.25) is 37.3 Å². The van der Waals surface area contributed by atoms with Crippen molar-refractivity contribution in [1.29, 1.82) is 0 Å². The molecule has 0 aliphatic carbocycles. The van der Waals surface area contributed by atoms with Gasteiger partial charge in [0, 0.05) is 25.7 Å². The fourth-order valence-electron chi connectivity index (χ4n) is 10.4. The maximum Gasteiger partial charge on any atom is 0.472 e. The number of hydrogen-bond donors (Lipinski definition) is 3. The second kappa shape index (κ2) is 73.0. The van der Waals surface area contributed by atoms with Crippen molar-refractivity contribution < 1.29 is 80.2 Å². The second-order valence-electron chi connectivity index (χ2n) is 25.9. The Labute approximate surface area is 607 Å². The van der Waals surface area contributed by atoms with E-state index in [1.165, 1.54) is 96.3 Å². The molecule has 5 unspecified atom stereocenters. The fourth-order valence-corrected chi connectivity index (χ4v) is 11.9. The van der Waals surface area contributed by atoms with Crippen LogP contribution in [-0.2, 0) is 65.4 Å². The summed E-state index contributed by atoms with van der Waals surface area (Å²) >= 11 is 0. The van der Waals surface area contributed by atoms with Crippen LogP contribution in [0.15, 0.2) is 109 Å². The van der Waals surface area contributed by atoms with Crippen LogP contribution in [0.4, 0.5) is 0 Å². The molecule has 0 aromatic rings. The molecule has 0 rings (SSSR count). The SMILES string of the molecule is CC/C=C\C/C=C\C/C=C\C/C=C\C/C=C\CCCC(=O)OC(COC(=O)CCCCCCCC/C=C\C/C=C\C/C=C\C/C=C\CC)COP(=O)(O)OCC(O)COP(=O)(O)OCC(COC(=O)CCCCCCCCCCCCCCC)OC(=O)CCCCCCCCCCCCC. The van der Waals surface area contributed by atoms with E-state index in [-0.39, 0.29) is 25.7 Å². The maximum absolute atomic E-state index is 13.1. The Morgan fingerprint density at radius 3 is 0.840 bits per heavy atom. The summed E-state index contributed by atoms with van der Waals surface area (Å²) in [5, 5.41) is 10.6. The minimum Gasteiger partial charge on any atom is -0.462 e. The topological polar surface area (TPSA) is 237 Å². The van der Waals surface area contributed by atoms with E-state index in [0.29, 0.717) is 32.1 Å². The number of phosphoric acid groups is 2. The van der Waals surface area contributed by atoms with Crippen molar-refractivity contribution in [3.63, 3.8) is 0 Å². The van der Waals surface area contributed by atoms with Gasteiger partial charge in [0.05, 0.1) is 26.4 Å². The van der Waals surface area contributed by atoms with Crippen molar-refractivity contribution in [2.45, 2.75) is 341 Å². The Morgan fingerprint density at radius 2 is 0.530 bits per heavy atom. The van der Waals surface area contributed by atoms with Gasteiger partial charge < -0.3 is 33.8 Å². The average Bonchev–Trinajstić information content (AvgIpc) is 1.05. The van der Waals surface area contributed by atoms with Gasteiger partial charge in [0.1, 0.15) is 19.3 Å². The smallest absolute Gasteiger partial charge is 0.462 e. The third-order valence-corrected chi connectivity index (χ3v) is 18.2. The highest BCUT2D eigenvalue weighted by molar-refractivity contribution is 7.47. The molecule has 17 nitrogen and oxygen atoms in total. The van der Waals surface area contributed by atoms with Crippen molar-refractivity contribution in [2.75, 3.05) is 39.6 Å². The average molecular weight is 1450 g/mol. The number of aliphatic hydroxyl groups is 1. The number of carbonyl (C=O) groups excluding carboxylic acids is 4. The lowest BCUT2D eigenvalue weighted by molar-refractivity contribution is -0.161. The van der Waals surface area contributed by atoms with Crippen LogP contribution in [0.3, 0.4) is 0 Å². The molecule has 0 radical (unpaired) electrons. The third kappa shape index (κ3) is 72.1. The number of allylic oxidation sites excluding steroid dienone is 18. The van der Waals surface area contributed by atoms with Crippen molar-refractivity contribution >= 4 is 39.5 Å². The van der Waals surface area contributed by atoms with Crippen LogP contribution in [0.5, 0.6) is 0 Å². The van der Waals surface area contributed by atoms with Gasteiger partial charge in [-0.05, 0) is 103 Å². The third-order valence-electron chi connectivity index (χ3n) is 16.3. The summed E-state index contributed by atoms with van der Waals surface area (Å²) in [4.78, 5) is 72.9. The first-order chi connectivity index (χ1) is 48.7. The zero-order valence-corrected chi connectivity index (χ0v) is 64.6. The molecule has 0 aliphatic rings. The molecule has 0 bridgehead atoms. The van der Waals surface area contributed by atoms with Crippen LogP contribution < -0.4 is 0 Å². The normalized spacial score (nSPS) is 14.5. The molecular weight excluding hydrogens is 1310 g/mol. The van der Waals surface area contributed by atoms with E-state index in [0.717, 1.165) is 141 Å². The molecule has 0 amide bonds. The molecule has 0 spiro atoms. The highest BCUT2D eigenvalue weighted by Crippen LogP contribution is 2.45. The first-order valence-electron chi connectivity index (χ1n) is 39.1. The quantitative estimate of drug-likeness (QED) is 0.0169. The summed E-state index contributed by atoms with van der Waals surface area (Å²) < 4.78 is 68.4. The lowest BCUT2D eigenvalue weighted by Gasteiger charge is -2.21. The number of aliphatic hydroxyl groups excluding tert-OH is 1. The van der Waals surface area contributed by atoms with Crippen molar-refractivity contribution in [1.82, 2.24) is 0 Å². The van der Waals surface area contributed by atoms with Crippen LogP contribution in [0.1, 0.15) is 323 Å². The van der Waals surface area contributed by atoms with E-state index in [1.807, 2.05) is 12.2 Å². The molecule has 19 heteroatoms. The van der Waals surface area contributed by atoms with Gasteiger partial charge >= 0.3 is 39.5 Å². The van der Waals surface area contributed by atoms with E-state index < -0.39 is 97.5 Å². The monoisotopic (exact) mass is 1450 g/mol. The zero-order valence-electron chi connectivity index (χ0n) is 62.8. The summed E-state index contributed by atoms with van der Waals surface area (Å²) in [5.74, 6) is -2.24. The number of ether oxygens (including phenoxy) is 4. The Balaban J connectivity index is 5.38. The van der Waals surface area contributed by atoms with Gasteiger partial charge in [-0.25, -0.2) is 9.13 Å². The van der Waals surface area contributed by atoms with Gasteiger partial charge in [0.15, 0.2) is 12.2 Å². The molecule has 576 valence electrons. The summed E-state index contributed by atoms with van der Waals surface area (Å²) in [6.45, 7) is 4.59. The van der Waals surface area contributed by atoms with Crippen molar-refractivity contribution in [3.8, 4) is 0 Å². The summed E-state index contributed by atoms with van der Waals surface area (Å²) in [5.41, 5.74) is 0. The van der Waals surface area contributed by atoms with E-state index in [4.69, 9.17) is 37.0 Å². The number of unbranched alkanes of at least 4 members (excludes halogenated alkanes) is 29.